The Hall–Kier alpha value is -3.59. The van der Waals surface area contributed by atoms with Gasteiger partial charge in [0.1, 0.15) is 12.3 Å². The lowest BCUT2D eigenvalue weighted by atomic mass is 10.1. The van der Waals surface area contributed by atoms with Crippen LogP contribution in [-0.4, -0.2) is 34.9 Å². The SMILES string of the molecule is C=C1c2ccccc2C(=O)N1CC(=O)Nc1nc(-c2ccccc2OC(F)F)cs1. The zero-order valence-electron chi connectivity index (χ0n) is 15.5. The zero-order chi connectivity index (χ0) is 21.3. The minimum absolute atomic E-state index is 0.00703. The summed E-state index contributed by atoms with van der Waals surface area (Å²) in [6, 6.07) is 13.3. The molecule has 1 aliphatic rings. The van der Waals surface area contributed by atoms with Crippen LogP contribution in [0.4, 0.5) is 13.9 Å². The smallest absolute Gasteiger partial charge is 0.387 e. The summed E-state index contributed by atoms with van der Waals surface area (Å²) in [5, 5.41) is 4.53. The van der Waals surface area contributed by atoms with Crippen molar-refractivity contribution in [3.8, 4) is 17.0 Å². The highest BCUT2D eigenvalue weighted by Crippen LogP contribution is 2.33. The van der Waals surface area contributed by atoms with Crippen molar-refractivity contribution in [2.45, 2.75) is 6.61 Å². The molecule has 0 bridgehead atoms. The number of carbonyl (C=O) groups is 2. The van der Waals surface area contributed by atoms with E-state index >= 15 is 0 Å². The molecule has 0 spiro atoms. The molecule has 0 saturated heterocycles. The molecule has 0 unspecified atom stereocenters. The number of hydrogen-bond acceptors (Lipinski definition) is 5. The Morgan fingerprint density at radius 1 is 1.13 bits per heavy atom. The fourth-order valence-electron chi connectivity index (χ4n) is 3.14. The predicted molar refractivity (Wildman–Crippen MR) is 109 cm³/mol. The molecule has 6 nitrogen and oxygen atoms in total. The maximum atomic E-state index is 12.6. The van der Waals surface area contributed by atoms with Crippen LogP contribution in [0.1, 0.15) is 15.9 Å². The fourth-order valence-corrected chi connectivity index (χ4v) is 3.86. The van der Waals surface area contributed by atoms with E-state index < -0.39 is 12.5 Å². The molecule has 0 fully saturated rings. The number of fused-ring (bicyclic) bond motifs is 1. The molecule has 152 valence electrons. The van der Waals surface area contributed by atoms with Crippen LogP contribution in [0, 0.1) is 0 Å². The largest absolute Gasteiger partial charge is 0.434 e. The lowest BCUT2D eigenvalue weighted by Crippen LogP contribution is -2.32. The Morgan fingerprint density at radius 2 is 1.80 bits per heavy atom. The van der Waals surface area contributed by atoms with Crippen LogP contribution < -0.4 is 10.1 Å². The molecule has 3 aromatic rings. The van der Waals surface area contributed by atoms with Crippen molar-refractivity contribution in [2.24, 2.45) is 0 Å². The van der Waals surface area contributed by atoms with Crippen molar-refractivity contribution in [1.82, 2.24) is 9.88 Å². The van der Waals surface area contributed by atoms with E-state index in [1.807, 2.05) is 0 Å². The van der Waals surface area contributed by atoms with Gasteiger partial charge in [-0.25, -0.2) is 4.98 Å². The number of rotatable bonds is 6. The van der Waals surface area contributed by atoms with Gasteiger partial charge in [0.2, 0.25) is 5.91 Å². The van der Waals surface area contributed by atoms with Gasteiger partial charge in [-0.3, -0.25) is 14.5 Å². The van der Waals surface area contributed by atoms with Gasteiger partial charge in [0.15, 0.2) is 5.13 Å². The van der Waals surface area contributed by atoms with E-state index in [-0.39, 0.29) is 23.3 Å². The van der Waals surface area contributed by atoms with E-state index in [0.717, 1.165) is 11.3 Å². The van der Waals surface area contributed by atoms with Gasteiger partial charge in [-0.1, -0.05) is 36.9 Å². The third-order valence-corrected chi connectivity index (χ3v) is 5.23. The number of aromatic nitrogens is 1. The molecule has 30 heavy (non-hydrogen) atoms. The quantitative estimate of drug-likeness (QED) is 0.630. The monoisotopic (exact) mass is 427 g/mol. The number of nitrogens with zero attached hydrogens (tertiary/aromatic N) is 2. The van der Waals surface area contributed by atoms with E-state index in [1.165, 1.54) is 11.0 Å². The predicted octanol–water partition coefficient (Wildman–Crippen LogP) is 4.48. The Balaban J connectivity index is 1.46. The Kier molecular flexibility index (Phi) is 5.28. The van der Waals surface area contributed by atoms with Gasteiger partial charge in [0.25, 0.3) is 5.91 Å². The Bertz CT molecular complexity index is 1110. The van der Waals surface area contributed by atoms with Crippen LogP contribution >= 0.6 is 11.3 Å². The zero-order valence-corrected chi connectivity index (χ0v) is 16.3. The maximum Gasteiger partial charge on any atom is 0.387 e. The van der Waals surface area contributed by atoms with Crippen LogP contribution in [0.15, 0.2) is 60.5 Å². The first-order valence-electron chi connectivity index (χ1n) is 8.84. The topological polar surface area (TPSA) is 71.5 Å². The highest BCUT2D eigenvalue weighted by atomic mass is 32.1. The van der Waals surface area contributed by atoms with E-state index in [1.54, 1.807) is 47.8 Å². The fraction of sp³-hybridized carbons (Fsp3) is 0.0952. The molecule has 2 aromatic carbocycles. The third kappa shape index (κ3) is 3.79. The van der Waals surface area contributed by atoms with E-state index in [0.29, 0.717) is 28.1 Å². The lowest BCUT2D eigenvalue weighted by Gasteiger charge is -2.16. The van der Waals surface area contributed by atoms with Crippen molar-refractivity contribution < 1.29 is 23.1 Å². The number of anilines is 1. The van der Waals surface area contributed by atoms with E-state index in [2.05, 4.69) is 21.6 Å². The molecule has 1 aliphatic heterocycles. The molecule has 2 amide bonds. The Morgan fingerprint density at radius 3 is 2.50 bits per heavy atom. The summed E-state index contributed by atoms with van der Waals surface area (Å²) in [4.78, 5) is 30.6. The number of amides is 2. The molecular weight excluding hydrogens is 412 g/mol. The van der Waals surface area contributed by atoms with E-state index in [4.69, 9.17) is 0 Å². The Labute approximate surface area is 174 Å². The second kappa shape index (κ2) is 8.03. The van der Waals surface area contributed by atoms with Crippen LogP contribution in [0.5, 0.6) is 5.75 Å². The summed E-state index contributed by atoms with van der Waals surface area (Å²) in [6.07, 6.45) is 0. The van der Waals surface area contributed by atoms with Crippen LogP contribution in [0.25, 0.3) is 17.0 Å². The number of ether oxygens (including phenoxy) is 1. The van der Waals surface area contributed by atoms with Gasteiger partial charge < -0.3 is 10.1 Å². The number of benzene rings is 2. The maximum absolute atomic E-state index is 12.6. The first kappa shape index (κ1) is 19.7. The molecular formula is C21H15F2N3O3S. The summed E-state index contributed by atoms with van der Waals surface area (Å²) in [6.45, 7) is 0.726. The molecule has 0 aliphatic carbocycles. The van der Waals surface area contributed by atoms with Gasteiger partial charge in [0, 0.05) is 27.8 Å². The average Bonchev–Trinajstić information content (AvgIpc) is 3.27. The first-order chi connectivity index (χ1) is 14.4. The summed E-state index contributed by atoms with van der Waals surface area (Å²) < 4.78 is 29.7. The van der Waals surface area contributed by atoms with Gasteiger partial charge in [0.05, 0.1) is 5.69 Å². The molecule has 0 radical (unpaired) electrons. The van der Waals surface area contributed by atoms with Gasteiger partial charge in [-0.2, -0.15) is 8.78 Å². The molecule has 2 heterocycles. The van der Waals surface area contributed by atoms with Crippen LogP contribution in [0.2, 0.25) is 0 Å². The van der Waals surface area contributed by atoms with Crippen LogP contribution in [-0.2, 0) is 4.79 Å². The third-order valence-electron chi connectivity index (χ3n) is 4.47. The first-order valence-corrected chi connectivity index (χ1v) is 9.72. The molecule has 1 aromatic heterocycles. The second-order valence-corrected chi connectivity index (χ2v) is 7.20. The normalized spacial score (nSPS) is 13.0. The number of para-hydroxylation sites is 1. The molecule has 9 heteroatoms. The van der Waals surface area contributed by atoms with Crippen molar-refractivity contribution in [3.05, 3.63) is 71.6 Å². The minimum Gasteiger partial charge on any atom is -0.434 e. The summed E-state index contributed by atoms with van der Waals surface area (Å²) >= 11 is 1.14. The van der Waals surface area contributed by atoms with Gasteiger partial charge in [-0.15, -0.1) is 11.3 Å². The van der Waals surface area contributed by atoms with Crippen LogP contribution in [0.3, 0.4) is 0 Å². The van der Waals surface area contributed by atoms with Gasteiger partial charge >= 0.3 is 6.61 Å². The standard InChI is InChI=1S/C21H15F2N3O3S/c1-12-13-6-2-3-7-14(13)19(28)26(12)10-18(27)25-21-24-16(11-30-21)15-8-4-5-9-17(15)29-20(22)23/h2-9,11,20H,1,10H2,(H,24,25,27). The summed E-state index contributed by atoms with van der Waals surface area (Å²) in [5.74, 6) is -0.744. The molecule has 0 saturated carbocycles. The second-order valence-electron chi connectivity index (χ2n) is 6.34. The van der Waals surface area contributed by atoms with E-state index in [9.17, 15) is 18.4 Å². The molecule has 4 rings (SSSR count). The van der Waals surface area contributed by atoms with Gasteiger partial charge in [-0.05, 0) is 18.2 Å². The number of hydrogen-bond donors (Lipinski definition) is 1. The molecule has 1 N–H and O–H groups in total. The number of carbonyl (C=O) groups excluding carboxylic acids is 2. The highest BCUT2D eigenvalue weighted by Gasteiger charge is 2.32. The number of thiazole rings is 1. The average molecular weight is 427 g/mol. The van der Waals surface area contributed by atoms with Crippen molar-refractivity contribution in [3.63, 3.8) is 0 Å². The number of nitrogens with one attached hydrogen (secondary N) is 1. The highest BCUT2D eigenvalue weighted by molar-refractivity contribution is 7.14. The van der Waals surface area contributed by atoms with Crippen molar-refractivity contribution in [2.75, 3.05) is 11.9 Å². The summed E-state index contributed by atoms with van der Waals surface area (Å²) in [5.41, 5.74) is 2.43. The molecule has 0 atom stereocenters. The lowest BCUT2D eigenvalue weighted by molar-refractivity contribution is -0.116. The number of alkyl halides is 2. The van der Waals surface area contributed by atoms with Crippen molar-refractivity contribution in [1.29, 1.82) is 0 Å². The minimum atomic E-state index is -2.96. The van der Waals surface area contributed by atoms with Crippen molar-refractivity contribution >= 4 is 34.0 Å². The number of halogens is 2. The summed E-state index contributed by atoms with van der Waals surface area (Å²) in [7, 11) is 0.